The van der Waals surface area contributed by atoms with Crippen LogP contribution in [0.4, 0.5) is 5.69 Å². The predicted octanol–water partition coefficient (Wildman–Crippen LogP) is 2.26. The molecule has 1 amide bonds. The lowest BCUT2D eigenvalue weighted by atomic mass is 10.2. The van der Waals surface area contributed by atoms with Crippen LogP contribution in [0, 0.1) is 17.2 Å². The van der Waals surface area contributed by atoms with Crippen molar-refractivity contribution in [1.82, 2.24) is 5.32 Å². The third kappa shape index (κ3) is 3.74. The fourth-order valence-electron chi connectivity index (χ4n) is 1.64. The van der Waals surface area contributed by atoms with E-state index in [0.29, 0.717) is 18.7 Å². The highest BCUT2D eigenvalue weighted by atomic mass is 79.9. The van der Waals surface area contributed by atoms with Crippen molar-refractivity contribution in [2.24, 2.45) is 5.92 Å². The summed E-state index contributed by atoms with van der Waals surface area (Å²) in [6.45, 7) is 1.25. The zero-order valence-electron chi connectivity index (χ0n) is 9.87. The summed E-state index contributed by atoms with van der Waals surface area (Å²) in [5.41, 5.74) is 1.48. The van der Waals surface area contributed by atoms with E-state index >= 15 is 0 Å². The van der Waals surface area contributed by atoms with Crippen molar-refractivity contribution in [3.8, 4) is 6.07 Å². The molecule has 1 aromatic carbocycles. The molecule has 1 aromatic rings. The molecule has 18 heavy (non-hydrogen) atoms. The molecule has 0 spiro atoms. The van der Waals surface area contributed by atoms with E-state index in [4.69, 9.17) is 5.26 Å². The Kier molecular flexibility index (Phi) is 4.21. The van der Waals surface area contributed by atoms with Gasteiger partial charge in [0, 0.05) is 29.2 Å². The normalized spacial score (nSPS) is 13.8. The van der Waals surface area contributed by atoms with E-state index in [1.165, 1.54) is 0 Å². The molecule has 5 heteroatoms. The molecule has 0 unspecified atom stereocenters. The first kappa shape index (κ1) is 12.9. The quantitative estimate of drug-likeness (QED) is 0.820. The lowest BCUT2D eigenvalue weighted by molar-refractivity contribution is -0.122. The number of carbonyl (C=O) groups excluding carboxylic acids is 1. The number of benzene rings is 1. The standard InChI is InChI=1S/C13H14BrN3O/c14-11-5-9(8-15)6-12(7-11)16-3-4-17-13(18)10-1-2-10/h5-7,10,16H,1-4H2,(H,17,18). The Hall–Kier alpha value is -1.54. The Labute approximate surface area is 115 Å². The molecule has 94 valence electrons. The molecule has 0 saturated heterocycles. The Morgan fingerprint density at radius 3 is 2.83 bits per heavy atom. The first-order chi connectivity index (χ1) is 8.69. The molecular formula is C13H14BrN3O. The largest absolute Gasteiger partial charge is 0.383 e. The van der Waals surface area contributed by atoms with E-state index in [1.54, 1.807) is 12.1 Å². The van der Waals surface area contributed by atoms with Gasteiger partial charge in [0.2, 0.25) is 5.91 Å². The zero-order valence-corrected chi connectivity index (χ0v) is 11.5. The van der Waals surface area contributed by atoms with Crippen molar-refractivity contribution in [3.05, 3.63) is 28.2 Å². The maximum atomic E-state index is 11.4. The minimum absolute atomic E-state index is 0.156. The van der Waals surface area contributed by atoms with Crippen molar-refractivity contribution in [3.63, 3.8) is 0 Å². The van der Waals surface area contributed by atoms with Crippen molar-refractivity contribution in [2.75, 3.05) is 18.4 Å². The number of rotatable bonds is 5. The molecule has 0 bridgehead atoms. The lowest BCUT2D eigenvalue weighted by Gasteiger charge is -2.08. The van der Waals surface area contributed by atoms with Gasteiger partial charge in [-0.3, -0.25) is 4.79 Å². The van der Waals surface area contributed by atoms with Gasteiger partial charge >= 0.3 is 0 Å². The molecule has 1 aliphatic rings. The minimum Gasteiger partial charge on any atom is -0.383 e. The van der Waals surface area contributed by atoms with Crippen LogP contribution in [0.25, 0.3) is 0 Å². The van der Waals surface area contributed by atoms with Crippen molar-refractivity contribution < 1.29 is 4.79 Å². The number of anilines is 1. The predicted molar refractivity (Wildman–Crippen MR) is 73.1 cm³/mol. The highest BCUT2D eigenvalue weighted by Gasteiger charge is 2.28. The molecule has 0 heterocycles. The molecule has 0 aliphatic heterocycles. The lowest BCUT2D eigenvalue weighted by Crippen LogP contribution is -2.29. The smallest absolute Gasteiger partial charge is 0.223 e. The summed E-state index contributed by atoms with van der Waals surface area (Å²) >= 11 is 3.35. The summed E-state index contributed by atoms with van der Waals surface area (Å²) in [6, 6.07) is 7.56. The summed E-state index contributed by atoms with van der Waals surface area (Å²) in [5.74, 6) is 0.407. The second-order valence-corrected chi connectivity index (χ2v) is 5.25. The molecule has 1 aliphatic carbocycles. The third-order valence-electron chi connectivity index (χ3n) is 2.73. The molecule has 2 N–H and O–H groups in total. The monoisotopic (exact) mass is 307 g/mol. The van der Waals surface area contributed by atoms with E-state index in [0.717, 1.165) is 23.0 Å². The fraction of sp³-hybridized carbons (Fsp3) is 0.385. The Morgan fingerprint density at radius 1 is 1.39 bits per heavy atom. The van der Waals surface area contributed by atoms with Gasteiger partial charge in [0.1, 0.15) is 0 Å². The van der Waals surface area contributed by atoms with E-state index in [1.807, 2.05) is 6.07 Å². The molecule has 0 aromatic heterocycles. The second kappa shape index (κ2) is 5.87. The molecule has 0 atom stereocenters. The van der Waals surface area contributed by atoms with Gasteiger partial charge in [-0.1, -0.05) is 15.9 Å². The van der Waals surface area contributed by atoms with Crippen LogP contribution >= 0.6 is 15.9 Å². The SMILES string of the molecule is N#Cc1cc(Br)cc(NCCNC(=O)C2CC2)c1. The first-order valence-corrected chi connectivity index (χ1v) is 6.70. The Morgan fingerprint density at radius 2 is 2.17 bits per heavy atom. The highest BCUT2D eigenvalue weighted by molar-refractivity contribution is 9.10. The molecule has 2 rings (SSSR count). The van der Waals surface area contributed by atoms with Crippen LogP contribution in [0.3, 0.4) is 0 Å². The van der Waals surface area contributed by atoms with Crippen LogP contribution in [-0.4, -0.2) is 19.0 Å². The van der Waals surface area contributed by atoms with E-state index in [-0.39, 0.29) is 11.8 Å². The van der Waals surface area contributed by atoms with Gasteiger partial charge in [0.15, 0.2) is 0 Å². The van der Waals surface area contributed by atoms with Gasteiger partial charge in [-0.05, 0) is 31.0 Å². The third-order valence-corrected chi connectivity index (χ3v) is 3.19. The van der Waals surface area contributed by atoms with Crippen LogP contribution in [0.1, 0.15) is 18.4 Å². The first-order valence-electron chi connectivity index (χ1n) is 5.91. The van der Waals surface area contributed by atoms with Gasteiger partial charge in [-0.25, -0.2) is 0 Å². The summed E-state index contributed by atoms with van der Waals surface area (Å²) < 4.78 is 0.867. The van der Waals surface area contributed by atoms with E-state index < -0.39 is 0 Å². The van der Waals surface area contributed by atoms with Gasteiger partial charge in [-0.2, -0.15) is 5.26 Å². The van der Waals surface area contributed by atoms with Gasteiger partial charge in [0.05, 0.1) is 11.6 Å². The van der Waals surface area contributed by atoms with E-state index in [9.17, 15) is 4.79 Å². The number of hydrogen-bond acceptors (Lipinski definition) is 3. The summed E-state index contributed by atoms with van der Waals surface area (Å²) in [5, 5.41) is 14.9. The van der Waals surface area contributed by atoms with Gasteiger partial charge < -0.3 is 10.6 Å². The van der Waals surface area contributed by atoms with Crippen LogP contribution in [-0.2, 0) is 4.79 Å². The number of amides is 1. The average Bonchev–Trinajstić information content (AvgIpc) is 3.17. The number of hydrogen-bond donors (Lipinski definition) is 2. The van der Waals surface area contributed by atoms with Crippen LogP contribution in [0.5, 0.6) is 0 Å². The molecule has 4 nitrogen and oxygen atoms in total. The van der Waals surface area contributed by atoms with E-state index in [2.05, 4.69) is 32.6 Å². The van der Waals surface area contributed by atoms with Crippen molar-refractivity contribution in [2.45, 2.75) is 12.8 Å². The summed E-state index contributed by atoms with van der Waals surface area (Å²) in [6.07, 6.45) is 2.05. The maximum absolute atomic E-state index is 11.4. The number of nitrogens with zero attached hydrogens (tertiary/aromatic N) is 1. The van der Waals surface area contributed by atoms with Crippen molar-refractivity contribution in [1.29, 1.82) is 5.26 Å². The molecule has 0 radical (unpaired) electrons. The second-order valence-electron chi connectivity index (χ2n) is 4.33. The zero-order chi connectivity index (χ0) is 13.0. The molecular weight excluding hydrogens is 294 g/mol. The van der Waals surface area contributed by atoms with Crippen LogP contribution < -0.4 is 10.6 Å². The minimum atomic E-state index is 0.156. The number of halogens is 1. The Balaban J connectivity index is 1.77. The summed E-state index contributed by atoms with van der Waals surface area (Å²) in [4.78, 5) is 11.4. The summed E-state index contributed by atoms with van der Waals surface area (Å²) in [7, 11) is 0. The number of carbonyl (C=O) groups is 1. The number of nitrogens with one attached hydrogen (secondary N) is 2. The van der Waals surface area contributed by atoms with Gasteiger partial charge in [0.25, 0.3) is 0 Å². The molecule has 1 fully saturated rings. The molecule has 1 saturated carbocycles. The highest BCUT2D eigenvalue weighted by Crippen LogP contribution is 2.28. The van der Waals surface area contributed by atoms with Gasteiger partial charge in [-0.15, -0.1) is 0 Å². The fourth-order valence-corrected chi connectivity index (χ4v) is 2.13. The maximum Gasteiger partial charge on any atom is 0.223 e. The topological polar surface area (TPSA) is 64.9 Å². The van der Waals surface area contributed by atoms with Crippen molar-refractivity contribution >= 4 is 27.5 Å². The number of nitriles is 1. The van der Waals surface area contributed by atoms with Crippen LogP contribution in [0.2, 0.25) is 0 Å². The van der Waals surface area contributed by atoms with Crippen LogP contribution in [0.15, 0.2) is 22.7 Å². The average molecular weight is 308 g/mol. The Bertz CT molecular complexity index is 491.